The molecule has 0 amide bonds. The summed E-state index contributed by atoms with van der Waals surface area (Å²) < 4.78 is 5.17. The first-order valence-corrected chi connectivity index (χ1v) is 6.63. The summed E-state index contributed by atoms with van der Waals surface area (Å²) in [5, 5.41) is 10.1. The number of aliphatic hydroxyl groups excluding tert-OH is 1. The molecule has 0 aliphatic heterocycles. The van der Waals surface area contributed by atoms with Gasteiger partial charge in [0.05, 0.1) is 12.7 Å². The van der Waals surface area contributed by atoms with Crippen LogP contribution in [0, 0.1) is 0 Å². The second-order valence-electron chi connectivity index (χ2n) is 4.91. The Morgan fingerprint density at radius 1 is 1.38 bits per heavy atom. The fourth-order valence-electron chi connectivity index (χ4n) is 2.62. The molecule has 1 aliphatic rings. The first-order chi connectivity index (χ1) is 7.70. The number of hydrogen-bond donors (Lipinski definition) is 1. The Morgan fingerprint density at radius 3 is 2.62 bits per heavy atom. The Morgan fingerprint density at radius 2 is 2.06 bits per heavy atom. The lowest BCUT2D eigenvalue weighted by Crippen LogP contribution is -2.50. The zero-order valence-corrected chi connectivity index (χ0v) is 11.0. The largest absolute Gasteiger partial charge is 0.391 e. The molecule has 1 fully saturated rings. The molecule has 0 spiro atoms. The predicted molar refractivity (Wildman–Crippen MR) is 66.6 cm³/mol. The Labute approximate surface area is 99.8 Å². The van der Waals surface area contributed by atoms with E-state index in [4.69, 9.17) is 4.74 Å². The van der Waals surface area contributed by atoms with Gasteiger partial charge in [0.25, 0.3) is 0 Å². The second kappa shape index (κ2) is 7.25. The van der Waals surface area contributed by atoms with E-state index in [1.54, 1.807) is 7.11 Å². The minimum absolute atomic E-state index is 0.139. The van der Waals surface area contributed by atoms with Crippen LogP contribution in [0.3, 0.4) is 0 Å². The van der Waals surface area contributed by atoms with Crippen LogP contribution in [-0.2, 0) is 4.74 Å². The standard InChI is InChI=1S/C13H27NO2/c1-4-11(2)14(9-10-16-3)12-7-5-6-8-13(12)15/h11-13,15H,4-10H2,1-3H3/t11?,12-,13-/m0/s1. The van der Waals surface area contributed by atoms with Crippen LogP contribution in [0.2, 0.25) is 0 Å². The molecule has 1 aliphatic carbocycles. The predicted octanol–water partition coefficient (Wildman–Crippen LogP) is 2.04. The van der Waals surface area contributed by atoms with Gasteiger partial charge in [0.1, 0.15) is 0 Å². The minimum Gasteiger partial charge on any atom is -0.391 e. The Hall–Kier alpha value is -0.120. The Balaban J connectivity index is 2.57. The molecular formula is C13H27NO2. The summed E-state index contributed by atoms with van der Waals surface area (Å²) >= 11 is 0. The maximum Gasteiger partial charge on any atom is 0.0695 e. The van der Waals surface area contributed by atoms with Gasteiger partial charge in [0.15, 0.2) is 0 Å². The smallest absolute Gasteiger partial charge is 0.0695 e. The third kappa shape index (κ3) is 3.72. The Bertz CT molecular complexity index is 187. The molecule has 3 heteroatoms. The van der Waals surface area contributed by atoms with E-state index in [2.05, 4.69) is 18.7 Å². The molecule has 1 saturated carbocycles. The van der Waals surface area contributed by atoms with Crippen LogP contribution in [-0.4, -0.2) is 48.5 Å². The van der Waals surface area contributed by atoms with Crippen LogP contribution in [0.1, 0.15) is 46.0 Å². The highest BCUT2D eigenvalue weighted by Gasteiger charge is 2.30. The maximum absolute atomic E-state index is 10.1. The molecule has 1 unspecified atom stereocenters. The van der Waals surface area contributed by atoms with E-state index in [1.807, 2.05) is 0 Å². The van der Waals surface area contributed by atoms with Gasteiger partial charge in [-0.05, 0) is 26.2 Å². The van der Waals surface area contributed by atoms with Crippen molar-refractivity contribution in [2.24, 2.45) is 0 Å². The lowest BCUT2D eigenvalue weighted by Gasteiger charge is -2.41. The molecule has 0 aromatic rings. The van der Waals surface area contributed by atoms with Crippen molar-refractivity contribution in [3.8, 4) is 0 Å². The van der Waals surface area contributed by atoms with Gasteiger partial charge in [-0.25, -0.2) is 0 Å². The highest BCUT2D eigenvalue weighted by Crippen LogP contribution is 2.25. The average molecular weight is 229 g/mol. The number of hydrogen-bond acceptors (Lipinski definition) is 3. The quantitative estimate of drug-likeness (QED) is 0.756. The summed E-state index contributed by atoms with van der Waals surface area (Å²) in [7, 11) is 1.74. The molecule has 0 heterocycles. The summed E-state index contributed by atoms with van der Waals surface area (Å²) in [6, 6.07) is 0.881. The van der Waals surface area contributed by atoms with E-state index < -0.39 is 0 Å². The van der Waals surface area contributed by atoms with Crippen molar-refractivity contribution >= 4 is 0 Å². The fraction of sp³-hybridized carbons (Fsp3) is 1.00. The van der Waals surface area contributed by atoms with Crippen molar-refractivity contribution < 1.29 is 9.84 Å². The molecule has 1 N–H and O–H groups in total. The summed E-state index contributed by atoms with van der Waals surface area (Å²) in [4.78, 5) is 2.44. The lowest BCUT2D eigenvalue weighted by molar-refractivity contribution is -0.00992. The van der Waals surface area contributed by atoms with Gasteiger partial charge < -0.3 is 9.84 Å². The molecule has 16 heavy (non-hydrogen) atoms. The van der Waals surface area contributed by atoms with Crippen molar-refractivity contribution in [2.75, 3.05) is 20.3 Å². The van der Waals surface area contributed by atoms with Gasteiger partial charge in [-0.2, -0.15) is 0 Å². The van der Waals surface area contributed by atoms with Crippen LogP contribution in [0.25, 0.3) is 0 Å². The number of aliphatic hydroxyl groups is 1. The third-order valence-electron chi connectivity index (χ3n) is 3.83. The van der Waals surface area contributed by atoms with Gasteiger partial charge in [-0.1, -0.05) is 19.8 Å². The fourth-order valence-corrected chi connectivity index (χ4v) is 2.62. The van der Waals surface area contributed by atoms with E-state index >= 15 is 0 Å². The van der Waals surface area contributed by atoms with Crippen molar-refractivity contribution in [3.05, 3.63) is 0 Å². The zero-order chi connectivity index (χ0) is 12.0. The van der Waals surface area contributed by atoms with E-state index in [1.165, 1.54) is 12.8 Å². The van der Waals surface area contributed by atoms with Crippen molar-refractivity contribution in [3.63, 3.8) is 0 Å². The van der Waals surface area contributed by atoms with Gasteiger partial charge in [-0.15, -0.1) is 0 Å². The van der Waals surface area contributed by atoms with Crippen molar-refractivity contribution in [2.45, 2.75) is 64.1 Å². The van der Waals surface area contributed by atoms with Crippen LogP contribution >= 0.6 is 0 Å². The molecule has 0 radical (unpaired) electrons. The van der Waals surface area contributed by atoms with E-state index in [0.717, 1.165) is 32.4 Å². The molecule has 96 valence electrons. The number of methoxy groups -OCH3 is 1. The van der Waals surface area contributed by atoms with E-state index in [-0.39, 0.29) is 6.10 Å². The van der Waals surface area contributed by atoms with Crippen LogP contribution < -0.4 is 0 Å². The average Bonchev–Trinajstić information content (AvgIpc) is 2.31. The molecule has 0 bridgehead atoms. The molecular weight excluding hydrogens is 202 g/mol. The molecule has 3 atom stereocenters. The lowest BCUT2D eigenvalue weighted by atomic mass is 9.90. The van der Waals surface area contributed by atoms with Crippen LogP contribution in [0.15, 0.2) is 0 Å². The monoisotopic (exact) mass is 229 g/mol. The summed E-state index contributed by atoms with van der Waals surface area (Å²) in [5.74, 6) is 0. The highest BCUT2D eigenvalue weighted by molar-refractivity contribution is 4.85. The first kappa shape index (κ1) is 13.9. The SMILES string of the molecule is CCC(C)N(CCOC)[C@H]1CCCC[C@@H]1O. The minimum atomic E-state index is -0.139. The topological polar surface area (TPSA) is 32.7 Å². The van der Waals surface area contributed by atoms with Crippen molar-refractivity contribution in [1.29, 1.82) is 0 Å². The number of nitrogens with zero attached hydrogens (tertiary/aromatic N) is 1. The zero-order valence-electron chi connectivity index (χ0n) is 11.0. The summed E-state index contributed by atoms with van der Waals surface area (Å²) in [6.07, 6.45) is 5.52. The molecule has 1 rings (SSSR count). The Kier molecular flexibility index (Phi) is 6.32. The van der Waals surface area contributed by atoms with Gasteiger partial charge in [-0.3, -0.25) is 4.90 Å². The van der Waals surface area contributed by atoms with Crippen molar-refractivity contribution in [1.82, 2.24) is 4.90 Å². The number of ether oxygens (including phenoxy) is 1. The normalized spacial score (nSPS) is 28.3. The van der Waals surface area contributed by atoms with Crippen LogP contribution in [0.4, 0.5) is 0 Å². The molecule has 0 aromatic carbocycles. The van der Waals surface area contributed by atoms with Gasteiger partial charge in [0.2, 0.25) is 0 Å². The molecule has 0 saturated heterocycles. The summed E-state index contributed by atoms with van der Waals surface area (Å²) in [6.45, 7) is 6.15. The van der Waals surface area contributed by atoms with E-state index in [0.29, 0.717) is 12.1 Å². The van der Waals surface area contributed by atoms with E-state index in [9.17, 15) is 5.11 Å². The molecule has 3 nitrogen and oxygen atoms in total. The second-order valence-corrected chi connectivity index (χ2v) is 4.91. The van der Waals surface area contributed by atoms with Gasteiger partial charge in [0, 0.05) is 25.7 Å². The molecule has 0 aromatic heterocycles. The first-order valence-electron chi connectivity index (χ1n) is 6.63. The number of rotatable bonds is 6. The summed E-state index contributed by atoms with van der Waals surface area (Å²) in [5.41, 5.74) is 0. The third-order valence-corrected chi connectivity index (χ3v) is 3.83. The highest BCUT2D eigenvalue weighted by atomic mass is 16.5. The van der Waals surface area contributed by atoms with Gasteiger partial charge >= 0.3 is 0 Å². The maximum atomic E-state index is 10.1. The van der Waals surface area contributed by atoms with Crippen LogP contribution in [0.5, 0.6) is 0 Å².